The molecule has 1 atom stereocenters. The molecule has 38 heavy (non-hydrogen) atoms. The first-order chi connectivity index (χ1) is 18.3. The number of nitrogens with one attached hydrogen (secondary N) is 1. The quantitative estimate of drug-likeness (QED) is 0.358. The van der Waals surface area contributed by atoms with E-state index in [1.165, 1.54) is 49.7 Å². The Morgan fingerprint density at radius 2 is 1.68 bits per heavy atom. The monoisotopic (exact) mass is 519 g/mol. The number of unbranched alkanes of at least 4 members (excludes halogenated alkanes) is 1. The van der Waals surface area contributed by atoms with Gasteiger partial charge in [-0.05, 0) is 86.8 Å². The summed E-state index contributed by atoms with van der Waals surface area (Å²) in [5.74, 6) is 1.85. The van der Waals surface area contributed by atoms with Gasteiger partial charge in [-0.25, -0.2) is 0 Å². The van der Waals surface area contributed by atoms with Crippen LogP contribution in [-0.4, -0.2) is 12.0 Å². The fourth-order valence-electron chi connectivity index (χ4n) is 4.53. The molecule has 3 heteroatoms. The maximum atomic E-state index is 13.0. The van der Waals surface area contributed by atoms with Crippen LogP contribution in [0, 0.1) is 19.8 Å². The highest BCUT2D eigenvalue weighted by Gasteiger charge is 2.21. The first kappa shape index (κ1) is 31.7. The van der Waals surface area contributed by atoms with Crippen molar-refractivity contribution in [2.75, 3.05) is 0 Å². The van der Waals surface area contributed by atoms with Gasteiger partial charge in [-0.2, -0.15) is 0 Å². The fraction of sp³-hybridized carbons (Fsp3) is 0.571. The van der Waals surface area contributed by atoms with Gasteiger partial charge in [0, 0.05) is 5.56 Å². The summed E-state index contributed by atoms with van der Waals surface area (Å²) < 4.78 is 5.99. The molecule has 0 spiro atoms. The Hall–Kier alpha value is -2.55. The Labute approximate surface area is 233 Å². The van der Waals surface area contributed by atoms with E-state index in [0.717, 1.165) is 48.5 Å². The molecule has 0 bridgehead atoms. The van der Waals surface area contributed by atoms with E-state index in [0.29, 0.717) is 11.7 Å². The van der Waals surface area contributed by atoms with Gasteiger partial charge in [0.2, 0.25) is 0 Å². The maximum absolute atomic E-state index is 13.0. The largest absolute Gasteiger partial charge is 0.490 e. The Morgan fingerprint density at radius 3 is 2.21 bits per heavy atom. The Balaban J connectivity index is 0.000000480. The highest BCUT2D eigenvalue weighted by molar-refractivity contribution is 5.96. The molecule has 1 amide bonds. The number of hydrogen-bond donors (Lipinski definition) is 1. The lowest BCUT2D eigenvalue weighted by Gasteiger charge is -2.26. The number of carbonyl (C=O) groups excluding carboxylic acids is 1. The molecule has 0 saturated heterocycles. The van der Waals surface area contributed by atoms with Gasteiger partial charge in [0.25, 0.3) is 5.91 Å². The van der Waals surface area contributed by atoms with Crippen molar-refractivity contribution in [3.63, 3.8) is 0 Å². The zero-order chi connectivity index (χ0) is 27.9. The lowest BCUT2D eigenvalue weighted by molar-refractivity contribution is 0.0936. The van der Waals surface area contributed by atoms with E-state index in [1.807, 2.05) is 32.0 Å². The molecule has 1 unspecified atom stereocenters. The number of benzene rings is 2. The molecule has 0 heterocycles. The van der Waals surface area contributed by atoms with Gasteiger partial charge < -0.3 is 10.1 Å². The minimum atomic E-state index is -0.0840. The minimum Gasteiger partial charge on any atom is -0.490 e. The number of allylic oxidation sites excluding steroid dienone is 1. The molecule has 0 aliphatic heterocycles. The predicted molar refractivity (Wildman–Crippen MR) is 164 cm³/mol. The molecule has 2 aromatic rings. The summed E-state index contributed by atoms with van der Waals surface area (Å²) >= 11 is 0. The highest BCUT2D eigenvalue weighted by atomic mass is 16.5. The summed E-state index contributed by atoms with van der Waals surface area (Å²) in [5, 5.41) is 3.19. The zero-order valence-electron chi connectivity index (χ0n) is 25.2. The van der Waals surface area contributed by atoms with Crippen LogP contribution in [0.1, 0.15) is 137 Å². The Kier molecular flexibility index (Phi) is 14.3. The molecule has 1 N–H and O–H groups in total. The molecule has 210 valence electrons. The lowest BCUT2D eigenvalue weighted by atomic mass is 9.84. The molecule has 2 fully saturated rings. The van der Waals surface area contributed by atoms with E-state index < -0.39 is 0 Å². The van der Waals surface area contributed by atoms with Crippen LogP contribution in [0.3, 0.4) is 0 Å². The molecule has 2 aromatic carbocycles. The van der Waals surface area contributed by atoms with Crippen molar-refractivity contribution in [3.05, 3.63) is 70.3 Å². The van der Waals surface area contributed by atoms with Crippen molar-refractivity contribution in [3.8, 4) is 5.75 Å². The van der Waals surface area contributed by atoms with Gasteiger partial charge in [0.15, 0.2) is 0 Å². The van der Waals surface area contributed by atoms with Crippen LogP contribution in [-0.2, 0) is 0 Å². The standard InChI is InChI=1S/C26H33NO2.C6H12.C3H8/c1-5-6-7-13-23-18(2)10-8-14-24(23)20(4)27-26(28)25-17-22(16-15-19(25)3)29-21-11-9-12-21;1-2-6-4-3-5-6;1-3-2/h7-8,10,13-17,20-21H,5-6,9,11-12H2,1-4H3,(H,27,28);6H,2-5H2,1H3;3H2,1-2H3/b13-7-;;. The van der Waals surface area contributed by atoms with Crippen LogP contribution in [0.4, 0.5) is 0 Å². The molecule has 0 radical (unpaired) electrons. The number of amides is 1. The Bertz CT molecular complexity index is 998. The van der Waals surface area contributed by atoms with Gasteiger partial charge in [-0.1, -0.05) is 103 Å². The van der Waals surface area contributed by atoms with Crippen molar-refractivity contribution in [1.82, 2.24) is 5.32 Å². The van der Waals surface area contributed by atoms with Gasteiger partial charge in [-0.3, -0.25) is 4.79 Å². The molecule has 2 aliphatic carbocycles. The topological polar surface area (TPSA) is 38.3 Å². The summed E-state index contributed by atoms with van der Waals surface area (Å²) in [6, 6.07) is 12.0. The molecule has 3 nitrogen and oxygen atoms in total. The minimum absolute atomic E-state index is 0.0564. The van der Waals surface area contributed by atoms with Crippen LogP contribution in [0.2, 0.25) is 0 Å². The van der Waals surface area contributed by atoms with Crippen LogP contribution in [0.25, 0.3) is 6.08 Å². The van der Waals surface area contributed by atoms with E-state index in [-0.39, 0.29) is 11.9 Å². The van der Waals surface area contributed by atoms with Gasteiger partial charge in [0.05, 0.1) is 12.1 Å². The molecule has 4 rings (SSSR count). The van der Waals surface area contributed by atoms with Crippen molar-refractivity contribution >= 4 is 12.0 Å². The second-order valence-electron chi connectivity index (χ2n) is 11.0. The summed E-state index contributed by atoms with van der Waals surface area (Å²) in [6.07, 6.45) is 17.5. The van der Waals surface area contributed by atoms with Crippen molar-refractivity contribution in [1.29, 1.82) is 0 Å². The van der Waals surface area contributed by atoms with Crippen molar-refractivity contribution in [2.24, 2.45) is 5.92 Å². The number of hydrogen-bond acceptors (Lipinski definition) is 2. The number of rotatable bonds is 9. The van der Waals surface area contributed by atoms with Crippen LogP contribution < -0.4 is 10.1 Å². The number of ether oxygens (including phenoxy) is 1. The van der Waals surface area contributed by atoms with E-state index in [1.54, 1.807) is 0 Å². The lowest BCUT2D eigenvalue weighted by Crippen LogP contribution is -2.28. The third-order valence-corrected chi connectivity index (χ3v) is 7.52. The van der Waals surface area contributed by atoms with E-state index in [9.17, 15) is 4.79 Å². The van der Waals surface area contributed by atoms with Crippen LogP contribution >= 0.6 is 0 Å². The second-order valence-corrected chi connectivity index (χ2v) is 11.0. The predicted octanol–water partition coefficient (Wildman–Crippen LogP) is 10.2. The third kappa shape index (κ3) is 9.97. The first-order valence-corrected chi connectivity index (χ1v) is 15.2. The second kappa shape index (κ2) is 17.1. The molecular formula is C35H53NO2. The van der Waals surface area contributed by atoms with Gasteiger partial charge in [-0.15, -0.1) is 0 Å². The molecule has 2 saturated carbocycles. The molecule has 0 aromatic heterocycles. The zero-order valence-corrected chi connectivity index (χ0v) is 25.2. The highest BCUT2D eigenvalue weighted by Crippen LogP contribution is 2.29. The summed E-state index contributed by atoms with van der Waals surface area (Å²) in [4.78, 5) is 13.0. The normalized spacial score (nSPS) is 15.8. The maximum Gasteiger partial charge on any atom is 0.252 e. The summed E-state index contributed by atoms with van der Waals surface area (Å²) in [7, 11) is 0. The van der Waals surface area contributed by atoms with E-state index in [4.69, 9.17) is 4.74 Å². The van der Waals surface area contributed by atoms with Crippen molar-refractivity contribution in [2.45, 2.75) is 125 Å². The van der Waals surface area contributed by atoms with Gasteiger partial charge >= 0.3 is 0 Å². The number of aryl methyl sites for hydroxylation is 2. The van der Waals surface area contributed by atoms with Crippen LogP contribution in [0.15, 0.2) is 42.5 Å². The van der Waals surface area contributed by atoms with Crippen LogP contribution in [0.5, 0.6) is 5.75 Å². The van der Waals surface area contributed by atoms with Gasteiger partial charge in [0.1, 0.15) is 5.75 Å². The average molecular weight is 520 g/mol. The third-order valence-electron chi connectivity index (χ3n) is 7.52. The molecule has 2 aliphatic rings. The molecular weight excluding hydrogens is 466 g/mol. The SMILES string of the molecule is CCC.CCC/C=C\c1c(C)cccc1C(C)NC(=O)c1cc(OC2CCC2)ccc1C.CCC1CCC1. The van der Waals surface area contributed by atoms with Crippen molar-refractivity contribution < 1.29 is 9.53 Å². The smallest absolute Gasteiger partial charge is 0.252 e. The van der Waals surface area contributed by atoms with E-state index >= 15 is 0 Å². The number of carbonyl (C=O) groups is 1. The Morgan fingerprint density at radius 1 is 1.00 bits per heavy atom. The van der Waals surface area contributed by atoms with E-state index in [2.05, 4.69) is 70.3 Å². The summed E-state index contributed by atoms with van der Waals surface area (Å²) in [6.45, 7) is 14.8. The summed E-state index contributed by atoms with van der Waals surface area (Å²) in [5.41, 5.74) is 5.22. The average Bonchev–Trinajstić information content (AvgIpc) is 2.83. The first-order valence-electron chi connectivity index (χ1n) is 15.2. The fourth-order valence-corrected chi connectivity index (χ4v) is 4.53.